The molecule has 1 aromatic carbocycles. The molecule has 4 rings (SSSR count). The van der Waals surface area contributed by atoms with E-state index < -0.39 is 11.2 Å². The van der Waals surface area contributed by atoms with E-state index in [1.807, 2.05) is 36.4 Å². The molecule has 23 heavy (non-hydrogen) atoms. The molecule has 112 valence electrons. The van der Waals surface area contributed by atoms with Crippen molar-refractivity contribution in [3.05, 3.63) is 75.6 Å². The zero-order chi connectivity index (χ0) is 15.8. The molecule has 2 N–H and O–H groups in total. The maximum absolute atomic E-state index is 11.7. The summed E-state index contributed by atoms with van der Waals surface area (Å²) in [4.78, 5) is 32.1. The van der Waals surface area contributed by atoms with Crippen molar-refractivity contribution in [3.8, 4) is 22.6 Å². The van der Waals surface area contributed by atoms with Crippen LogP contribution in [0.3, 0.4) is 0 Å². The Hall–Kier alpha value is -3.41. The molecule has 3 aromatic heterocycles. The summed E-state index contributed by atoms with van der Waals surface area (Å²) in [5, 5.41) is 0.348. The van der Waals surface area contributed by atoms with Gasteiger partial charge < -0.3 is 4.42 Å². The van der Waals surface area contributed by atoms with Crippen LogP contribution < -0.4 is 11.2 Å². The molecular weight excluding hydrogens is 294 g/mol. The van der Waals surface area contributed by atoms with Gasteiger partial charge in [0.15, 0.2) is 0 Å². The minimum atomic E-state index is -0.569. The molecule has 0 aliphatic carbocycles. The van der Waals surface area contributed by atoms with E-state index in [4.69, 9.17) is 4.42 Å². The molecule has 0 saturated carbocycles. The third-order valence-electron chi connectivity index (χ3n) is 3.59. The topological polar surface area (TPSA) is 91.8 Å². The van der Waals surface area contributed by atoms with E-state index in [9.17, 15) is 9.59 Å². The van der Waals surface area contributed by atoms with Gasteiger partial charge in [-0.05, 0) is 24.3 Å². The van der Waals surface area contributed by atoms with Crippen LogP contribution in [0.2, 0.25) is 0 Å². The lowest BCUT2D eigenvalue weighted by Crippen LogP contribution is -2.22. The number of furan rings is 1. The van der Waals surface area contributed by atoms with E-state index in [0.29, 0.717) is 11.1 Å². The van der Waals surface area contributed by atoms with Gasteiger partial charge >= 0.3 is 5.69 Å². The van der Waals surface area contributed by atoms with Crippen molar-refractivity contribution in [2.75, 3.05) is 0 Å². The first kappa shape index (κ1) is 13.3. The van der Waals surface area contributed by atoms with Gasteiger partial charge in [0.05, 0.1) is 17.3 Å². The summed E-state index contributed by atoms with van der Waals surface area (Å²) >= 11 is 0. The number of benzene rings is 1. The molecule has 0 spiro atoms. The third-order valence-corrected chi connectivity index (χ3v) is 3.59. The van der Waals surface area contributed by atoms with Crippen LogP contribution in [0.1, 0.15) is 0 Å². The minimum absolute atomic E-state index is 0.270. The molecule has 0 aliphatic rings. The van der Waals surface area contributed by atoms with E-state index in [1.54, 1.807) is 18.4 Å². The number of nitrogens with zero attached hydrogens (tertiary/aromatic N) is 1. The molecule has 0 aliphatic heterocycles. The quantitative estimate of drug-likeness (QED) is 0.595. The van der Waals surface area contributed by atoms with Crippen LogP contribution in [0.4, 0.5) is 0 Å². The lowest BCUT2D eigenvalue weighted by Gasteiger charge is -2.04. The summed E-state index contributed by atoms with van der Waals surface area (Å²) in [7, 11) is 0. The molecule has 0 amide bonds. The number of hydrogen-bond acceptors (Lipinski definition) is 4. The Morgan fingerprint density at radius 1 is 0.870 bits per heavy atom. The van der Waals surface area contributed by atoms with Crippen molar-refractivity contribution >= 4 is 11.0 Å². The van der Waals surface area contributed by atoms with Crippen LogP contribution in [-0.2, 0) is 0 Å². The number of aromatic amines is 2. The predicted molar refractivity (Wildman–Crippen MR) is 86.1 cm³/mol. The summed E-state index contributed by atoms with van der Waals surface area (Å²) in [6, 6.07) is 14.8. The van der Waals surface area contributed by atoms with Gasteiger partial charge in [0, 0.05) is 11.1 Å². The Morgan fingerprint density at radius 3 is 2.39 bits per heavy atom. The van der Waals surface area contributed by atoms with Crippen LogP contribution in [0, 0.1) is 0 Å². The van der Waals surface area contributed by atoms with Crippen molar-refractivity contribution in [1.29, 1.82) is 0 Å². The molecule has 0 radical (unpaired) electrons. The molecule has 6 heteroatoms. The lowest BCUT2D eigenvalue weighted by atomic mass is 10.1. The van der Waals surface area contributed by atoms with Gasteiger partial charge in [-0.25, -0.2) is 9.78 Å². The second kappa shape index (κ2) is 5.10. The van der Waals surface area contributed by atoms with Gasteiger partial charge in [-0.15, -0.1) is 0 Å². The zero-order valence-electron chi connectivity index (χ0n) is 11.9. The van der Waals surface area contributed by atoms with Crippen LogP contribution in [0.5, 0.6) is 0 Å². The number of aromatic nitrogens is 3. The largest absolute Gasteiger partial charge is 0.464 e. The summed E-state index contributed by atoms with van der Waals surface area (Å²) in [6.45, 7) is 0. The molecule has 0 atom stereocenters. The average molecular weight is 305 g/mol. The van der Waals surface area contributed by atoms with Crippen molar-refractivity contribution in [2.45, 2.75) is 0 Å². The Bertz CT molecular complexity index is 1090. The third kappa shape index (κ3) is 2.36. The normalized spacial score (nSPS) is 11.0. The molecule has 3 heterocycles. The van der Waals surface area contributed by atoms with Gasteiger partial charge in [0.25, 0.3) is 5.56 Å². The van der Waals surface area contributed by atoms with E-state index >= 15 is 0 Å². The molecule has 0 saturated heterocycles. The summed E-state index contributed by atoms with van der Waals surface area (Å²) < 4.78 is 5.36. The number of nitrogens with one attached hydrogen (secondary N) is 2. The Morgan fingerprint density at radius 2 is 1.65 bits per heavy atom. The SMILES string of the molecule is O=c1[nH]c(=O)c2ccc(-c3ccc(-c4ccco4)cc3)nc2[nH]1. The fourth-order valence-electron chi connectivity index (χ4n) is 2.46. The highest BCUT2D eigenvalue weighted by Gasteiger charge is 2.06. The van der Waals surface area contributed by atoms with E-state index in [2.05, 4.69) is 15.0 Å². The fraction of sp³-hybridized carbons (Fsp3) is 0. The monoisotopic (exact) mass is 305 g/mol. The summed E-state index contributed by atoms with van der Waals surface area (Å²) in [5.74, 6) is 0.791. The molecular formula is C17H11N3O3. The standard InChI is InChI=1S/C17H11N3O3/c21-16-12-7-8-13(18-15(12)19-17(22)20-16)10-3-5-11(6-4-10)14-2-1-9-23-14/h1-9H,(H2,18,19,20,21,22). The number of hydrogen-bond donors (Lipinski definition) is 2. The molecule has 0 bridgehead atoms. The number of fused-ring (bicyclic) bond motifs is 1. The lowest BCUT2D eigenvalue weighted by molar-refractivity contribution is 0.582. The van der Waals surface area contributed by atoms with E-state index in [1.165, 1.54) is 0 Å². The smallest absolute Gasteiger partial charge is 0.327 e. The van der Waals surface area contributed by atoms with Gasteiger partial charge in [0.1, 0.15) is 11.4 Å². The maximum atomic E-state index is 11.7. The van der Waals surface area contributed by atoms with Gasteiger partial charge in [-0.3, -0.25) is 14.8 Å². The zero-order valence-corrected chi connectivity index (χ0v) is 11.9. The van der Waals surface area contributed by atoms with Crippen LogP contribution in [-0.4, -0.2) is 15.0 Å². The van der Waals surface area contributed by atoms with Crippen LogP contribution in [0.15, 0.2) is 68.8 Å². The van der Waals surface area contributed by atoms with Crippen molar-refractivity contribution in [3.63, 3.8) is 0 Å². The number of H-pyrrole nitrogens is 2. The van der Waals surface area contributed by atoms with Gasteiger partial charge in [-0.2, -0.15) is 0 Å². The summed E-state index contributed by atoms with van der Waals surface area (Å²) in [5.41, 5.74) is 1.76. The second-order valence-corrected chi connectivity index (χ2v) is 5.06. The highest BCUT2D eigenvalue weighted by molar-refractivity contribution is 5.77. The Balaban J connectivity index is 1.80. The van der Waals surface area contributed by atoms with E-state index in [-0.39, 0.29) is 5.65 Å². The van der Waals surface area contributed by atoms with E-state index in [0.717, 1.165) is 16.9 Å². The Labute approximate surface area is 129 Å². The summed E-state index contributed by atoms with van der Waals surface area (Å²) in [6.07, 6.45) is 1.63. The van der Waals surface area contributed by atoms with Crippen molar-refractivity contribution in [1.82, 2.24) is 15.0 Å². The van der Waals surface area contributed by atoms with Crippen molar-refractivity contribution in [2.24, 2.45) is 0 Å². The molecule has 0 fully saturated rings. The average Bonchev–Trinajstić information content (AvgIpc) is 3.09. The Kier molecular flexibility index (Phi) is 2.94. The second-order valence-electron chi connectivity index (χ2n) is 5.06. The molecule has 4 aromatic rings. The number of rotatable bonds is 2. The van der Waals surface area contributed by atoms with Crippen LogP contribution >= 0.6 is 0 Å². The van der Waals surface area contributed by atoms with Crippen LogP contribution in [0.25, 0.3) is 33.6 Å². The number of pyridine rings is 1. The predicted octanol–water partition coefficient (Wildman–Crippen LogP) is 2.54. The maximum Gasteiger partial charge on any atom is 0.327 e. The minimum Gasteiger partial charge on any atom is -0.464 e. The highest BCUT2D eigenvalue weighted by atomic mass is 16.3. The van der Waals surface area contributed by atoms with Crippen molar-refractivity contribution < 1.29 is 4.42 Å². The first-order valence-corrected chi connectivity index (χ1v) is 6.98. The van der Waals surface area contributed by atoms with Gasteiger partial charge in [0.2, 0.25) is 0 Å². The molecule has 6 nitrogen and oxygen atoms in total. The highest BCUT2D eigenvalue weighted by Crippen LogP contribution is 2.24. The first-order chi connectivity index (χ1) is 11.2. The fourth-order valence-corrected chi connectivity index (χ4v) is 2.46. The first-order valence-electron chi connectivity index (χ1n) is 6.98. The van der Waals surface area contributed by atoms with Gasteiger partial charge in [-0.1, -0.05) is 24.3 Å². The molecule has 0 unspecified atom stereocenters.